The van der Waals surface area contributed by atoms with Crippen molar-refractivity contribution in [1.82, 2.24) is 10.6 Å². The third-order valence-corrected chi connectivity index (χ3v) is 3.54. The first-order valence-corrected chi connectivity index (χ1v) is 8.66. The molecule has 0 heterocycles. The highest BCUT2D eigenvalue weighted by atomic mass is 16.5. The van der Waals surface area contributed by atoms with Crippen molar-refractivity contribution < 1.29 is 19.1 Å². The van der Waals surface area contributed by atoms with Gasteiger partial charge in [0.2, 0.25) is 0 Å². The molecule has 0 aliphatic rings. The Hall–Kier alpha value is -3.02. The molecule has 0 bridgehead atoms. The minimum Gasteiger partial charge on any atom is -0.490 e. The lowest BCUT2D eigenvalue weighted by Gasteiger charge is -2.12. The lowest BCUT2D eigenvalue weighted by atomic mass is 10.2. The van der Waals surface area contributed by atoms with Crippen molar-refractivity contribution in [3.63, 3.8) is 0 Å². The Morgan fingerprint density at radius 3 is 1.96 bits per heavy atom. The summed E-state index contributed by atoms with van der Waals surface area (Å²) in [6.07, 6.45) is 0. The summed E-state index contributed by atoms with van der Waals surface area (Å²) >= 11 is 0. The van der Waals surface area contributed by atoms with Crippen molar-refractivity contribution in [2.75, 3.05) is 26.3 Å². The van der Waals surface area contributed by atoms with E-state index in [4.69, 9.17) is 9.47 Å². The second-order valence-corrected chi connectivity index (χ2v) is 5.41. The van der Waals surface area contributed by atoms with E-state index >= 15 is 0 Å². The number of ether oxygens (including phenoxy) is 2. The molecule has 6 nitrogen and oxygen atoms in total. The van der Waals surface area contributed by atoms with Gasteiger partial charge in [0.1, 0.15) is 0 Å². The number of nitrogens with one attached hydrogen (secondary N) is 2. The first-order chi connectivity index (χ1) is 12.7. The molecule has 0 spiro atoms. The maximum absolute atomic E-state index is 12.3. The lowest BCUT2D eigenvalue weighted by Crippen LogP contribution is -2.34. The Balaban J connectivity index is 1.85. The monoisotopic (exact) mass is 356 g/mol. The molecular formula is C20H24N2O4. The molecule has 138 valence electrons. The van der Waals surface area contributed by atoms with Crippen LogP contribution >= 0.6 is 0 Å². The van der Waals surface area contributed by atoms with Crippen LogP contribution in [0.1, 0.15) is 34.6 Å². The second kappa shape index (κ2) is 10.1. The normalized spacial score (nSPS) is 10.1. The van der Waals surface area contributed by atoms with Gasteiger partial charge in [-0.15, -0.1) is 0 Å². The van der Waals surface area contributed by atoms with Gasteiger partial charge in [-0.2, -0.15) is 0 Å². The largest absolute Gasteiger partial charge is 0.490 e. The Kier molecular flexibility index (Phi) is 7.49. The maximum Gasteiger partial charge on any atom is 0.251 e. The summed E-state index contributed by atoms with van der Waals surface area (Å²) in [5, 5.41) is 5.54. The van der Waals surface area contributed by atoms with Gasteiger partial charge in [-0.25, -0.2) is 0 Å². The molecule has 2 amide bonds. The second-order valence-electron chi connectivity index (χ2n) is 5.41. The first-order valence-electron chi connectivity index (χ1n) is 8.66. The van der Waals surface area contributed by atoms with E-state index in [9.17, 15) is 9.59 Å². The molecular weight excluding hydrogens is 332 g/mol. The van der Waals surface area contributed by atoms with Crippen LogP contribution in [-0.2, 0) is 0 Å². The number of rotatable bonds is 9. The van der Waals surface area contributed by atoms with Gasteiger partial charge in [0.05, 0.1) is 13.2 Å². The molecule has 2 aromatic rings. The molecule has 2 rings (SSSR count). The predicted molar refractivity (Wildman–Crippen MR) is 99.9 cm³/mol. The van der Waals surface area contributed by atoms with Gasteiger partial charge in [0.25, 0.3) is 11.8 Å². The summed E-state index contributed by atoms with van der Waals surface area (Å²) < 4.78 is 11.0. The fourth-order valence-corrected chi connectivity index (χ4v) is 2.34. The van der Waals surface area contributed by atoms with Crippen LogP contribution in [0, 0.1) is 0 Å². The van der Waals surface area contributed by atoms with E-state index < -0.39 is 0 Å². The number of hydrogen-bond donors (Lipinski definition) is 2. The van der Waals surface area contributed by atoms with Crippen LogP contribution in [0.3, 0.4) is 0 Å². The van der Waals surface area contributed by atoms with Crippen LogP contribution in [0.5, 0.6) is 11.5 Å². The van der Waals surface area contributed by atoms with Crippen LogP contribution in [0.4, 0.5) is 0 Å². The molecule has 0 fully saturated rings. The molecule has 0 unspecified atom stereocenters. The van der Waals surface area contributed by atoms with Crippen molar-refractivity contribution >= 4 is 11.8 Å². The highest BCUT2D eigenvalue weighted by molar-refractivity contribution is 5.95. The van der Waals surface area contributed by atoms with Gasteiger partial charge >= 0.3 is 0 Å². The molecule has 26 heavy (non-hydrogen) atoms. The fraction of sp³-hybridized carbons (Fsp3) is 0.300. The van der Waals surface area contributed by atoms with E-state index in [0.717, 1.165) is 0 Å². The highest BCUT2D eigenvalue weighted by Crippen LogP contribution is 2.28. The average molecular weight is 356 g/mol. The smallest absolute Gasteiger partial charge is 0.251 e. The summed E-state index contributed by atoms with van der Waals surface area (Å²) in [4.78, 5) is 24.2. The van der Waals surface area contributed by atoms with Gasteiger partial charge in [-0.1, -0.05) is 18.2 Å². The van der Waals surface area contributed by atoms with Gasteiger partial charge in [0, 0.05) is 24.2 Å². The van der Waals surface area contributed by atoms with Crippen LogP contribution in [0.25, 0.3) is 0 Å². The Bertz CT molecular complexity index is 732. The average Bonchev–Trinajstić information content (AvgIpc) is 2.67. The van der Waals surface area contributed by atoms with E-state index in [-0.39, 0.29) is 11.8 Å². The zero-order valence-electron chi connectivity index (χ0n) is 15.1. The number of carbonyl (C=O) groups excluding carboxylic acids is 2. The zero-order valence-corrected chi connectivity index (χ0v) is 15.1. The maximum atomic E-state index is 12.3. The summed E-state index contributed by atoms with van der Waals surface area (Å²) in [6.45, 7) is 5.44. The molecule has 0 saturated heterocycles. The molecule has 0 atom stereocenters. The molecule has 0 aliphatic carbocycles. The van der Waals surface area contributed by atoms with Crippen LogP contribution in [-0.4, -0.2) is 38.1 Å². The van der Waals surface area contributed by atoms with Crippen molar-refractivity contribution in [1.29, 1.82) is 0 Å². The summed E-state index contributed by atoms with van der Waals surface area (Å²) in [7, 11) is 0. The van der Waals surface area contributed by atoms with Crippen molar-refractivity contribution in [3.05, 3.63) is 59.7 Å². The minimum atomic E-state index is -0.233. The first kappa shape index (κ1) is 19.3. The topological polar surface area (TPSA) is 76.7 Å². The van der Waals surface area contributed by atoms with E-state index in [2.05, 4.69) is 10.6 Å². The van der Waals surface area contributed by atoms with Crippen molar-refractivity contribution in [3.8, 4) is 11.5 Å². The summed E-state index contributed by atoms with van der Waals surface area (Å²) in [5.74, 6) is 0.753. The minimum absolute atomic E-state index is 0.167. The standard InChI is InChI=1S/C20H24N2O4/c1-3-25-17-11-10-16(14-18(17)26-4-2)20(24)22-13-12-21-19(23)15-8-6-5-7-9-15/h5-11,14H,3-4,12-13H2,1-2H3,(H,21,23)(H,22,24). The highest BCUT2D eigenvalue weighted by Gasteiger charge is 2.11. The van der Waals surface area contributed by atoms with E-state index in [0.29, 0.717) is 48.9 Å². The quantitative estimate of drug-likeness (QED) is 0.677. The van der Waals surface area contributed by atoms with E-state index in [1.165, 1.54) is 0 Å². The number of benzene rings is 2. The Morgan fingerprint density at radius 2 is 1.35 bits per heavy atom. The van der Waals surface area contributed by atoms with E-state index in [1.54, 1.807) is 42.5 Å². The van der Waals surface area contributed by atoms with Gasteiger partial charge in [-0.05, 0) is 44.2 Å². The fourth-order valence-electron chi connectivity index (χ4n) is 2.34. The summed E-state index contributed by atoms with van der Waals surface area (Å²) in [6, 6.07) is 14.0. The van der Waals surface area contributed by atoms with Crippen molar-refractivity contribution in [2.45, 2.75) is 13.8 Å². The molecule has 2 N–H and O–H groups in total. The predicted octanol–water partition coefficient (Wildman–Crippen LogP) is 2.64. The third kappa shape index (κ3) is 5.51. The molecule has 0 aromatic heterocycles. The SMILES string of the molecule is CCOc1ccc(C(=O)NCCNC(=O)c2ccccc2)cc1OCC. The molecule has 6 heteroatoms. The molecule has 2 aromatic carbocycles. The van der Waals surface area contributed by atoms with E-state index in [1.807, 2.05) is 19.9 Å². The van der Waals surface area contributed by atoms with Crippen LogP contribution < -0.4 is 20.1 Å². The van der Waals surface area contributed by atoms with Crippen LogP contribution in [0.15, 0.2) is 48.5 Å². The molecule has 0 aliphatic heterocycles. The molecule has 0 radical (unpaired) electrons. The summed E-state index contributed by atoms with van der Waals surface area (Å²) in [5.41, 5.74) is 1.07. The number of hydrogen-bond acceptors (Lipinski definition) is 4. The zero-order chi connectivity index (χ0) is 18.8. The lowest BCUT2D eigenvalue weighted by molar-refractivity contribution is 0.0927. The van der Waals surface area contributed by atoms with Gasteiger partial charge in [0.15, 0.2) is 11.5 Å². The van der Waals surface area contributed by atoms with Gasteiger partial charge in [-0.3, -0.25) is 9.59 Å². The van der Waals surface area contributed by atoms with Crippen LogP contribution in [0.2, 0.25) is 0 Å². The Morgan fingerprint density at radius 1 is 0.769 bits per heavy atom. The van der Waals surface area contributed by atoms with Crippen molar-refractivity contribution in [2.24, 2.45) is 0 Å². The molecule has 0 saturated carbocycles. The Labute approximate surface area is 153 Å². The number of amides is 2. The van der Waals surface area contributed by atoms with Gasteiger partial charge < -0.3 is 20.1 Å². The third-order valence-electron chi connectivity index (χ3n) is 3.54. The number of carbonyl (C=O) groups is 2.